The molecule has 2 saturated heterocycles. The van der Waals surface area contributed by atoms with E-state index in [9.17, 15) is 19.2 Å². The normalized spacial score (nSPS) is 16.5. The van der Waals surface area contributed by atoms with Gasteiger partial charge in [-0.25, -0.2) is 9.37 Å². The Labute approximate surface area is 317 Å². The highest BCUT2D eigenvalue weighted by Crippen LogP contribution is 2.36. The maximum atomic E-state index is 13.8. The minimum Gasteiger partial charge on any atom is -0.493 e. The van der Waals surface area contributed by atoms with Crippen molar-refractivity contribution in [3.63, 3.8) is 0 Å². The number of nitrogen functional groups attached to an aromatic ring is 1. The van der Waals surface area contributed by atoms with E-state index < -0.39 is 23.2 Å². The fraction of sp³-hybridized carbons (Fsp3) is 0.286. The Morgan fingerprint density at radius 1 is 0.945 bits per heavy atom. The van der Waals surface area contributed by atoms with Crippen LogP contribution in [0.25, 0.3) is 33.4 Å². The zero-order valence-corrected chi connectivity index (χ0v) is 30.2. The molecule has 0 aliphatic carbocycles. The van der Waals surface area contributed by atoms with Gasteiger partial charge < -0.3 is 39.3 Å². The Bertz CT molecular complexity index is 2240. The van der Waals surface area contributed by atoms with Gasteiger partial charge >= 0.3 is 0 Å². The first kappa shape index (κ1) is 37.3. The second-order valence-electron chi connectivity index (χ2n) is 13.3. The van der Waals surface area contributed by atoms with Gasteiger partial charge in [-0.3, -0.25) is 9.59 Å². The van der Waals surface area contributed by atoms with Gasteiger partial charge in [0, 0.05) is 54.2 Å². The minimum absolute atomic E-state index is 0.0379. The summed E-state index contributed by atoms with van der Waals surface area (Å²) >= 11 is 0. The maximum absolute atomic E-state index is 13.8. The second kappa shape index (κ2) is 16.9. The average molecular weight is 746 g/mol. The number of pyridine rings is 2. The number of nitrogens with one attached hydrogen (secondary N) is 1. The number of methoxy groups -OCH3 is 1. The summed E-state index contributed by atoms with van der Waals surface area (Å²) in [5, 5.41) is 13.0. The highest BCUT2D eigenvalue weighted by atomic mass is 19.1. The van der Waals surface area contributed by atoms with E-state index in [4.69, 9.17) is 29.4 Å². The molecule has 3 N–H and O–H groups in total. The van der Waals surface area contributed by atoms with Gasteiger partial charge in [0.1, 0.15) is 36.0 Å². The molecule has 13 heteroatoms. The molecule has 0 radical (unpaired) electrons. The van der Waals surface area contributed by atoms with Gasteiger partial charge in [0.2, 0.25) is 5.43 Å². The van der Waals surface area contributed by atoms with E-state index in [1.165, 1.54) is 30.5 Å². The topological polar surface area (TPSA) is 160 Å². The Balaban J connectivity index is 1.12. The molecule has 4 heterocycles. The maximum Gasteiger partial charge on any atom is 0.261 e. The summed E-state index contributed by atoms with van der Waals surface area (Å²) in [6.45, 7) is 2.96. The smallest absolute Gasteiger partial charge is 0.261 e. The van der Waals surface area contributed by atoms with Crippen LogP contribution in [0.5, 0.6) is 11.5 Å². The molecule has 2 aliphatic heterocycles. The molecule has 2 aromatic heterocycles. The van der Waals surface area contributed by atoms with Crippen molar-refractivity contribution in [2.75, 3.05) is 57.8 Å². The van der Waals surface area contributed by atoms with Crippen molar-refractivity contribution in [3.8, 4) is 50.9 Å². The minimum atomic E-state index is -0.650. The number of carbonyl (C=O) groups excluding carboxylic acids is 1. The first-order chi connectivity index (χ1) is 26.8. The van der Waals surface area contributed by atoms with Gasteiger partial charge in [-0.05, 0) is 77.9 Å². The summed E-state index contributed by atoms with van der Waals surface area (Å²) < 4.78 is 43.6. The number of nitriles is 1. The van der Waals surface area contributed by atoms with Gasteiger partial charge in [-0.15, -0.1) is 0 Å². The van der Waals surface area contributed by atoms with E-state index in [1.54, 1.807) is 48.3 Å². The monoisotopic (exact) mass is 745 g/mol. The number of aromatic nitrogens is 2. The van der Waals surface area contributed by atoms with E-state index in [2.05, 4.69) is 16.4 Å². The molecule has 12 nitrogen and oxygen atoms in total. The van der Waals surface area contributed by atoms with Crippen molar-refractivity contribution in [1.82, 2.24) is 9.55 Å². The van der Waals surface area contributed by atoms with Crippen molar-refractivity contribution in [2.45, 2.75) is 25.0 Å². The number of amides is 1. The molecule has 1 amide bonds. The number of hydrogen-bond acceptors (Lipinski definition) is 10. The van der Waals surface area contributed by atoms with Crippen LogP contribution in [0.15, 0.2) is 96.2 Å². The fourth-order valence-electron chi connectivity index (χ4n) is 6.78. The first-order valence-electron chi connectivity index (χ1n) is 18.0. The molecule has 0 spiro atoms. The number of nitrogens with zero attached hydrogens (tertiary/aromatic N) is 3. The van der Waals surface area contributed by atoms with Crippen LogP contribution in [0, 0.1) is 23.1 Å². The zero-order chi connectivity index (χ0) is 38.3. The van der Waals surface area contributed by atoms with E-state index in [1.807, 2.05) is 24.3 Å². The van der Waals surface area contributed by atoms with Crippen LogP contribution >= 0.6 is 0 Å². The lowest BCUT2D eigenvalue weighted by atomic mass is 9.92. The summed E-state index contributed by atoms with van der Waals surface area (Å²) in [5.74, 6) is 0.297. The predicted octanol–water partition coefficient (Wildman–Crippen LogP) is 6.51. The number of benzene rings is 3. The molecule has 2 atom stereocenters. The highest BCUT2D eigenvalue weighted by molar-refractivity contribution is 6.04. The fourth-order valence-corrected chi connectivity index (χ4v) is 6.78. The Morgan fingerprint density at radius 2 is 1.67 bits per heavy atom. The molecule has 7 rings (SSSR count). The summed E-state index contributed by atoms with van der Waals surface area (Å²) in [4.78, 5) is 32.0. The van der Waals surface area contributed by atoms with Gasteiger partial charge in [-0.1, -0.05) is 30.3 Å². The molecule has 5 aromatic rings. The molecule has 282 valence electrons. The van der Waals surface area contributed by atoms with Crippen molar-refractivity contribution >= 4 is 17.4 Å². The van der Waals surface area contributed by atoms with Crippen LogP contribution in [0.2, 0.25) is 0 Å². The predicted molar refractivity (Wildman–Crippen MR) is 204 cm³/mol. The number of hydrogen-bond donors (Lipinski definition) is 2. The molecular weight excluding hydrogens is 705 g/mol. The number of rotatable bonds is 11. The molecule has 2 aliphatic rings. The standard InChI is InChI=1S/C42H40FN5O7/c1-51-39-19-29(6-11-38(39)55-25-33-24-53-16-17-54-33)30-18-34(41(45)46-21-30)26-4-9-32(10-5-26)47-42(50)36-23-48(37(20-44)28-12-14-52-15-13-28)22-35(40(36)49)27-2-7-31(43)8-3-27/h2-11,18-19,21-23,28,33,37H,12-17,24-25H2,1H3,(H2,45,46)(H,47,50)/t33-,37?/m0/s1. The van der Waals surface area contributed by atoms with Crippen molar-refractivity contribution in [1.29, 1.82) is 5.26 Å². The van der Waals surface area contributed by atoms with Crippen LogP contribution in [0.1, 0.15) is 29.2 Å². The van der Waals surface area contributed by atoms with Crippen molar-refractivity contribution in [2.24, 2.45) is 5.92 Å². The van der Waals surface area contributed by atoms with Crippen molar-refractivity contribution in [3.05, 3.63) is 113 Å². The van der Waals surface area contributed by atoms with E-state index in [0.29, 0.717) is 86.6 Å². The van der Waals surface area contributed by atoms with Crippen LogP contribution in [0.4, 0.5) is 15.9 Å². The molecule has 2 fully saturated rings. The zero-order valence-electron chi connectivity index (χ0n) is 30.2. The first-order valence-corrected chi connectivity index (χ1v) is 18.0. The number of anilines is 2. The summed E-state index contributed by atoms with van der Waals surface area (Å²) in [7, 11) is 1.58. The SMILES string of the molecule is COc1cc(-c2cnc(N)c(-c3ccc(NC(=O)c4cn(C(C#N)C5CCOCC5)cc(-c5ccc(F)cc5)c4=O)cc3)c2)ccc1OC[C@@H]1COCCO1. The van der Waals surface area contributed by atoms with Gasteiger partial charge in [0.25, 0.3) is 5.91 Å². The molecule has 0 saturated carbocycles. The summed E-state index contributed by atoms with van der Waals surface area (Å²) in [5.41, 5.74) is 9.75. The Morgan fingerprint density at radius 3 is 2.38 bits per heavy atom. The molecule has 55 heavy (non-hydrogen) atoms. The van der Waals surface area contributed by atoms with Crippen LogP contribution in [-0.4, -0.2) is 68.3 Å². The Kier molecular flexibility index (Phi) is 11.5. The molecule has 0 bridgehead atoms. The number of carbonyl (C=O) groups is 1. The quantitative estimate of drug-likeness (QED) is 0.153. The van der Waals surface area contributed by atoms with Gasteiger partial charge in [0.15, 0.2) is 11.5 Å². The molecule has 3 aromatic carbocycles. The van der Waals surface area contributed by atoms with Crippen LogP contribution < -0.4 is 26.0 Å². The lowest BCUT2D eigenvalue weighted by Gasteiger charge is -2.28. The average Bonchev–Trinajstić information content (AvgIpc) is 3.22. The third-order valence-electron chi connectivity index (χ3n) is 9.79. The lowest BCUT2D eigenvalue weighted by Crippen LogP contribution is -2.33. The number of ether oxygens (including phenoxy) is 5. The third-order valence-corrected chi connectivity index (χ3v) is 9.79. The molecular formula is C42H40FN5O7. The number of nitrogens with two attached hydrogens (primary N) is 1. The lowest BCUT2D eigenvalue weighted by molar-refractivity contribution is -0.101. The number of halogens is 1. The van der Waals surface area contributed by atoms with Gasteiger partial charge in [0.05, 0.1) is 33.0 Å². The van der Waals surface area contributed by atoms with Gasteiger partial charge in [-0.2, -0.15) is 5.26 Å². The summed E-state index contributed by atoms with van der Waals surface area (Å²) in [6.07, 6.45) is 5.85. The van der Waals surface area contributed by atoms with Crippen LogP contribution in [-0.2, 0) is 14.2 Å². The van der Waals surface area contributed by atoms with E-state index >= 15 is 0 Å². The largest absolute Gasteiger partial charge is 0.493 e. The summed E-state index contributed by atoms with van der Waals surface area (Å²) in [6, 6.07) is 21.7. The van der Waals surface area contributed by atoms with Crippen molar-refractivity contribution < 1.29 is 32.9 Å². The third kappa shape index (κ3) is 8.52. The van der Waals surface area contributed by atoms with E-state index in [-0.39, 0.29) is 23.1 Å². The van der Waals surface area contributed by atoms with E-state index in [0.717, 1.165) is 16.7 Å². The second-order valence-corrected chi connectivity index (χ2v) is 13.3. The Hall–Kier alpha value is -6.07. The molecule has 1 unspecified atom stereocenters. The highest BCUT2D eigenvalue weighted by Gasteiger charge is 2.27. The van der Waals surface area contributed by atoms with Crippen LogP contribution in [0.3, 0.4) is 0 Å².